The molecule has 1 aliphatic rings. The third kappa shape index (κ3) is 4.19. The minimum atomic E-state index is -0.441. The Hall–Kier alpha value is -2.91. The fraction of sp³-hybridized carbons (Fsp3) is 0.300. The Labute approximate surface area is 151 Å². The maximum atomic E-state index is 14.1. The standard InChI is InChI=1S/C20H20FN3O2/c1-13-5-8-18(17(21)9-13)23-19-10-15(11-22)6-7-16(19)20(25)24-26-12-14-3-2-4-14/h5-10,14,23H,2-4,12H2,1H3,(H,24,25). The van der Waals surface area contributed by atoms with E-state index in [9.17, 15) is 9.18 Å². The molecule has 1 aliphatic carbocycles. The first kappa shape index (κ1) is 17.9. The zero-order valence-electron chi connectivity index (χ0n) is 14.5. The van der Waals surface area contributed by atoms with E-state index in [-0.39, 0.29) is 11.3 Å². The second-order valence-electron chi connectivity index (χ2n) is 6.52. The van der Waals surface area contributed by atoms with Crippen LogP contribution in [0, 0.1) is 30.0 Å². The van der Waals surface area contributed by atoms with Gasteiger partial charge in [0.1, 0.15) is 5.82 Å². The molecule has 0 saturated heterocycles. The molecule has 0 spiro atoms. The van der Waals surface area contributed by atoms with Gasteiger partial charge in [-0.1, -0.05) is 12.5 Å². The van der Waals surface area contributed by atoms with Gasteiger partial charge in [0.15, 0.2) is 0 Å². The van der Waals surface area contributed by atoms with Crippen molar-refractivity contribution in [3.05, 3.63) is 58.9 Å². The van der Waals surface area contributed by atoms with Gasteiger partial charge < -0.3 is 5.32 Å². The molecule has 1 saturated carbocycles. The van der Waals surface area contributed by atoms with E-state index in [1.165, 1.54) is 30.7 Å². The van der Waals surface area contributed by atoms with Gasteiger partial charge in [-0.05, 0) is 61.6 Å². The van der Waals surface area contributed by atoms with Crippen LogP contribution in [-0.2, 0) is 4.84 Å². The van der Waals surface area contributed by atoms with E-state index in [2.05, 4.69) is 10.8 Å². The lowest BCUT2D eigenvalue weighted by Gasteiger charge is -2.24. The summed E-state index contributed by atoms with van der Waals surface area (Å²) in [5, 5.41) is 12.0. The number of carbonyl (C=O) groups excluding carboxylic acids is 1. The zero-order valence-corrected chi connectivity index (χ0v) is 14.5. The van der Waals surface area contributed by atoms with E-state index in [4.69, 9.17) is 10.1 Å². The number of aryl methyl sites for hydroxylation is 1. The van der Waals surface area contributed by atoms with Gasteiger partial charge in [-0.25, -0.2) is 9.87 Å². The molecule has 0 heterocycles. The molecule has 3 rings (SSSR count). The third-order valence-electron chi connectivity index (χ3n) is 4.50. The number of carbonyl (C=O) groups is 1. The molecule has 2 aromatic rings. The van der Waals surface area contributed by atoms with Crippen LogP contribution in [-0.4, -0.2) is 12.5 Å². The molecule has 26 heavy (non-hydrogen) atoms. The summed E-state index contributed by atoms with van der Waals surface area (Å²) in [4.78, 5) is 17.7. The first-order valence-electron chi connectivity index (χ1n) is 8.56. The van der Waals surface area contributed by atoms with Crippen LogP contribution >= 0.6 is 0 Å². The van der Waals surface area contributed by atoms with Gasteiger partial charge in [0.25, 0.3) is 5.91 Å². The van der Waals surface area contributed by atoms with Crippen LogP contribution in [0.25, 0.3) is 0 Å². The number of nitrogens with zero attached hydrogens (tertiary/aromatic N) is 1. The summed E-state index contributed by atoms with van der Waals surface area (Å²) in [5.74, 6) is -0.376. The monoisotopic (exact) mass is 353 g/mol. The Kier molecular flexibility index (Phi) is 5.49. The van der Waals surface area contributed by atoms with Crippen molar-refractivity contribution in [1.29, 1.82) is 5.26 Å². The molecule has 1 fully saturated rings. The van der Waals surface area contributed by atoms with E-state index < -0.39 is 11.7 Å². The van der Waals surface area contributed by atoms with Crippen LogP contribution in [0.2, 0.25) is 0 Å². The van der Waals surface area contributed by atoms with Crippen LogP contribution < -0.4 is 10.8 Å². The second-order valence-corrected chi connectivity index (χ2v) is 6.52. The van der Waals surface area contributed by atoms with Crippen molar-refractivity contribution in [2.45, 2.75) is 26.2 Å². The first-order valence-corrected chi connectivity index (χ1v) is 8.56. The van der Waals surface area contributed by atoms with Crippen molar-refractivity contribution in [2.24, 2.45) is 5.92 Å². The molecule has 0 unspecified atom stereocenters. The van der Waals surface area contributed by atoms with Gasteiger partial charge in [0.2, 0.25) is 0 Å². The lowest BCUT2D eigenvalue weighted by molar-refractivity contribution is 0.00324. The van der Waals surface area contributed by atoms with E-state index in [0.29, 0.717) is 23.8 Å². The molecule has 0 bridgehead atoms. The molecular weight excluding hydrogens is 333 g/mol. The van der Waals surface area contributed by atoms with Crippen molar-refractivity contribution < 1.29 is 14.0 Å². The summed E-state index contributed by atoms with van der Waals surface area (Å²) < 4.78 is 14.1. The van der Waals surface area contributed by atoms with Gasteiger partial charge in [-0.3, -0.25) is 9.63 Å². The molecule has 6 heteroatoms. The Morgan fingerprint density at radius 1 is 1.27 bits per heavy atom. The molecule has 1 amide bonds. The van der Waals surface area contributed by atoms with Crippen LogP contribution in [0.3, 0.4) is 0 Å². The zero-order chi connectivity index (χ0) is 18.5. The second kappa shape index (κ2) is 7.98. The summed E-state index contributed by atoms with van der Waals surface area (Å²) in [5.41, 5.74) is 4.44. The number of hydrogen-bond donors (Lipinski definition) is 2. The maximum absolute atomic E-state index is 14.1. The van der Waals surface area contributed by atoms with Gasteiger partial charge in [-0.2, -0.15) is 5.26 Å². The van der Waals surface area contributed by atoms with Gasteiger partial charge in [-0.15, -0.1) is 0 Å². The Bertz CT molecular complexity index is 857. The van der Waals surface area contributed by atoms with Crippen molar-refractivity contribution >= 4 is 17.3 Å². The van der Waals surface area contributed by atoms with E-state index in [1.54, 1.807) is 19.1 Å². The average Bonchev–Trinajstić information content (AvgIpc) is 2.59. The van der Waals surface area contributed by atoms with Crippen LogP contribution in [0.5, 0.6) is 0 Å². The molecule has 5 nitrogen and oxygen atoms in total. The topological polar surface area (TPSA) is 74.2 Å². The molecular formula is C20H20FN3O2. The highest BCUT2D eigenvalue weighted by molar-refractivity contribution is 6.00. The fourth-order valence-corrected chi connectivity index (χ4v) is 2.72. The number of anilines is 2. The Morgan fingerprint density at radius 3 is 2.73 bits per heavy atom. The number of amides is 1. The molecule has 134 valence electrons. The van der Waals surface area contributed by atoms with Crippen molar-refractivity contribution in [1.82, 2.24) is 5.48 Å². The highest BCUT2D eigenvalue weighted by atomic mass is 19.1. The Balaban J connectivity index is 1.78. The quantitative estimate of drug-likeness (QED) is 0.763. The lowest BCUT2D eigenvalue weighted by Crippen LogP contribution is -2.29. The summed E-state index contributed by atoms with van der Waals surface area (Å²) in [6.45, 7) is 2.28. The summed E-state index contributed by atoms with van der Waals surface area (Å²) in [7, 11) is 0. The lowest BCUT2D eigenvalue weighted by atomic mass is 9.86. The van der Waals surface area contributed by atoms with E-state index in [0.717, 1.165) is 18.4 Å². The van der Waals surface area contributed by atoms with Gasteiger partial charge >= 0.3 is 0 Å². The fourth-order valence-electron chi connectivity index (χ4n) is 2.72. The number of hydroxylamine groups is 1. The number of benzene rings is 2. The number of halogens is 1. The van der Waals surface area contributed by atoms with Gasteiger partial charge in [0, 0.05) is 0 Å². The highest BCUT2D eigenvalue weighted by Crippen LogP contribution is 2.27. The Morgan fingerprint density at radius 2 is 2.08 bits per heavy atom. The number of nitriles is 1. The SMILES string of the molecule is Cc1ccc(Nc2cc(C#N)ccc2C(=O)NOCC2CCC2)c(F)c1. The predicted octanol–water partition coefficient (Wildman–Crippen LogP) is 4.21. The molecule has 0 radical (unpaired) electrons. The minimum absolute atomic E-state index is 0.232. The first-order chi connectivity index (χ1) is 12.6. The summed E-state index contributed by atoms with van der Waals surface area (Å²) in [6.07, 6.45) is 3.44. The van der Waals surface area contributed by atoms with Crippen LogP contribution in [0.1, 0.15) is 40.7 Å². The van der Waals surface area contributed by atoms with Crippen molar-refractivity contribution in [3.63, 3.8) is 0 Å². The molecule has 2 N–H and O–H groups in total. The average molecular weight is 353 g/mol. The summed E-state index contributed by atoms with van der Waals surface area (Å²) in [6, 6.07) is 11.4. The molecule has 0 atom stereocenters. The smallest absolute Gasteiger partial charge is 0.276 e. The van der Waals surface area contributed by atoms with Gasteiger partial charge in [0.05, 0.1) is 35.2 Å². The third-order valence-corrected chi connectivity index (χ3v) is 4.50. The molecule has 0 aromatic heterocycles. The van der Waals surface area contributed by atoms with E-state index in [1.807, 2.05) is 6.07 Å². The van der Waals surface area contributed by atoms with Crippen molar-refractivity contribution in [2.75, 3.05) is 11.9 Å². The highest BCUT2D eigenvalue weighted by Gasteiger charge is 2.19. The maximum Gasteiger partial charge on any atom is 0.276 e. The van der Waals surface area contributed by atoms with Crippen molar-refractivity contribution in [3.8, 4) is 6.07 Å². The molecule has 2 aromatic carbocycles. The van der Waals surface area contributed by atoms with Crippen LogP contribution in [0.15, 0.2) is 36.4 Å². The number of nitrogens with one attached hydrogen (secondary N) is 2. The van der Waals surface area contributed by atoms with E-state index >= 15 is 0 Å². The minimum Gasteiger partial charge on any atom is -0.352 e. The number of hydrogen-bond acceptors (Lipinski definition) is 4. The molecule has 0 aliphatic heterocycles. The largest absolute Gasteiger partial charge is 0.352 e. The normalized spacial score (nSPS) is 13.6. The van der Waals surface area contributed by atoms with Crippen LogP contribution in [0.4, 0.5) is 15.8 Å². The predicted molar refractivity (Wildman–Crippen MR) is 96.3 cm³/mol. The summed E-state index contributed by atoms with van der Waals surface area (Å²) >= 11 is 0. The number of rotatable bonds is 6.